The van der Waals surface area contributed by atoms with Gasteiger partial charge in [0.15, 0.2) is 0 Å². The highest BCUT2D eigenvalue weighted by molar-refractivity contribution is 6.03. The van der Waals surface area contributed by atoms with Crippen LogP contribution in [0.1, 0.15) is 64.7 Å². The van der Waals surface area contributed by atoms with Crippen LogP contribution >= 0.6 is 0 Å². The average Bonchev–Trinajstić information content (AvgIpc) is 2.89. The van der Waals surface area contributed by atoms with Gasteiger partial charge in [-0.1, -0.05) is 25.7 Å². The molecule has 1 N–H and O–H groups in total. The van der Waals surface area contributed by atoms with Gasteiger partial charge in [0.25, 0.3) is 0 Å². The van der Waals surface area contributed by atoms with Gasteiger partial charge >= 0.3 is 6.03 Å². The quantitative estimate of drug-likeness (QED) is 0.833. The Balaban J connectivity index is 1.71. The first kappa shape index (κ1) is 18.7. The molecule has 1 saturated carbocycles. The van der Waals surface area contributed by atoms with Crippen LogP contribution in [0.4, 0.5) is 10.5 Å². The molecule has 2 fully saturated rings. The second-order valence-electron chi connectivity index (χ2n) is 7.20. The van der Waals surface area contributed by atoms with Crippen molar-refractivity contribution in [1.29, 1.82) is 0 Å². The molecule has 0 aromatic heterocycles. The highest BCUT2D eigenvalue weighted by atomic mass is 16.5. The molecule has 0 radical (unpaired) electrons. The van der Waals surface area contributed by atoms with Crippen LogP contribution in [0.5, 0.6) is 5.75 Å². The monoisotopic (exact) mass is 357 g/mol. The van der Waals surface area contributed by atoms with E-state index in [0.29, 0.717) is 12.6 Å². The van der Waals surface area contributed by atoms with Crippen LogP contribution in [0.25, 0.3) is 0 Å². The third-order valence-electron chi connectivity index (χ3n) is 5.22. The molecule has 26 heavy (non-hydrogen) atoms. The fraction of sp³-hybridized carbons (Fsp3) is 0.619. The lowest BCUT2D eigenvalue weighted by molar-refractivity contribution is 0.241. The van der Waals surface area contributed by atoms with Crippen LogP contribution in [0.2, 0.25) is 0 Å². The number of carbonyl (C=O) groups is 1. The number of hydrogen-bond acceptors (Lipinski definition) is 2. The Morgan fingerprint density at radius 1 is 1.12 bits per heavy atom. The van der Waals surface area contributed by atoms with Gasteiger partial charge in [-0.3, -0.25) is 0 Å². The van der Waals surface area contributed by atoms with Crippen LogP contribution in [0.3, 0.4) is 0 Å². The topological polar surface area (TPSA) is 53.9 Å². The van der Waals surface area contributed by atoms with Crippen molar-refractivity contribution in [3.63, 3.8) is 0 Å². The first-order valence-electron chi connectivity index (χ1n) is 10.1. The minimum Gasteiger partial charge on any atom is -0.494 e. The number of hydrogen-bond donors (Lipinski definition) is 1. The molecule has 2 amide bonds. The summed E-state index contributed by atoms with van der Waals surface area (Å²) >= 11 is 0. The number of carbonyl (C=O) groups excluding carboxylic acids is 1. The smallest absolute Gasteiger partial charge is 0.342 e. The van der Waals surface area contributed by atoms with Gasteiger partial charge in [-0.15, -0.1) is 0 Å². The second kappa shape index (κ2) is 9.60. The van der Waals surface area contributed by atoms with Crippen LogP contribution in [-0.2, 0) is 0 Å². The maximum Gasteiger partial charge on any atom is 0.342 e. The Morgan fingerprint density at radius 3 is 2.58 bits per heavy atom. The van der Waals surface area contributed by atoms with Crippen molar-refractivity contribution < 1.29 is 9.53 Å². The molecule has 1 heterocycles. The van der Waals surface area contributed by atoms with Crippen LogP contribution in [0.15, 0.2) is 29.3 Å². The number of anilines is 1. The molecule has 5 nitrogen and oxygen atoms in total. The molecule has 0 spiro atoms. The first-order valence-corrected chi connectivity index (χ1v) is 10.1. The molecule has 2 aliphatic rings. The fourth-order valence-corrected chi connectivity index (χ4v) is 3.85. The van der Waals surface area contributed by atoms with E-state index in [4.69, 9.17) is 4.74 Å². The number of amidine groups is 1. The van der Waals surface area contributed by atoms with E-state index in [-0.39, 0.29) is 6.03 Å². The third kappa shape index (κ3) is 5.23. The van der Waals surface area contributed by atoms with Crippen molar-refractivity contribution in [3.05, 3.63) is 24.3 Å². The highest BCUT2D eigenvalue weighted by Crippen LogP contribution is 2.24. The zero-order chi connectivity index (χ0) is 18.2. The van der Waals surface area contributed by atoms with Crippen molar-refractivity contribution in [2.24, 2.45) is 4.99 Å². The van der Waals surface area contributed by atoms with Gasteiger partial charge < -0.3 is 15.0 Å². The first-order chi connectivity index (χ1) is 12.8. The number of ether oxygens (including phenoxy) is 1. The van der Waals surface area contributed by atoms with E-state index in [9.17, 15) is 4.79 Å². The SMILES string of the molecule is CCOc1ccc(N2CCCCC/C2=N\C(=O)NC2CCCCC2)cc1. The van der Waals surface area contributed by atoms with E-state index in [1.165, 1.54) is 25.7 Å². The zero-order valence-corrected chi connectivity index (χ0v) is 15.9. The van der Waals surface area contributed by atoms with Crippen molar-refractivity contribution >= 4 is 17.6 Å². The molecular weight excluding hydrogens is 326 g/mol. The van der Waals surface area contributed by atoms with Gasteiger partial charge in [-0.2, -0.15) is 4.99 Å². The molecule has 1 aromatic rings. The van der Waals surface area contributed by atoms with Gasteiger partial charge in [-0.05, 0) is 56.9 Å². The number of nitrogens with one attached hydrogen (secondary N) is 1. The van der Waals surface area contributed by atoms with Crippen LogP contribution in [-0.4, -0.2) is 31.1 Å². The normalized spacial score (nSPS) is 20.7. The minimum absolute atomic E-state index is 0.176. The summed E-state index contributed by atoms with van der Waals surface area (Å²) in [7, 11) is 0. The summed E-state index contributed by atoms with van der Waals surface area (Å²) in [6, 6.07) is 8.22. The number of nitrogens with zero attached hydrogens (tertiary/aromatic N) is 2. The highest BCUT2D eigenvalue weighted by Gasteiger charge is 2.20. The number of aliphatic imine (C=N–C) groups is 1. The molecule has 1 aromatic carbocycles. The summed E-state index contributed by atoms with van der Waals surface area (Å²) in [6.07, 6.45) is 10.1. The minimum atomic E-state index is -0.176. The van der Waals surface area contributed by atoms with E-state index < -0.39 is 0 Å². The molecular formula is C21H31N3O2. The third-order valence-corrected chi connectivity index (χ3v) is 5.22. The molecule has 3 rings (SSSR count). The molecule has 142 valence electrons. The molecule has 1 saturated heterocycles. The van der Waals surface area contributed by atoms with E-state index >= 15 is 0 Å². The van der Waals surface area contributed by atoms with Crippen LogP contribution < -0.4 is 15.0 Å². The summed E-state index contributed by atoms with van der Waals surface area (Å²) in [4.78, 5) is 19.1. The standard InChI is InChI=1S/C21H31N3O2/c1-2-26-19-14-12-18(13-15-19)24-16-8-4-7-11-20(24)23-21(25)22-17-9-5-3-6-10-17/h12-15,17H,2-11,16H2,1H3,(H,22,25)/b23-20+. The van der Waals surface area contributed by atoms with Crippen molar-refractivity contribution in [3.8, 4) is 5.75 Å². The summed E-state index contributed by atoms with van der Waals surface area (Å²) in [6.45, 7) is 3.55. The van der Waals surface area contributed by atoms with Crippen LogP contribution in [0, 0.1) is 0 Å². The molecule has 5 heteroatoms. The summed E-state index contributed by atoms with van der Waals surface area (Å²) < 4.78 is 5.54. The lowest BCUT2D eigenvalue weighted by Gasteiger charge is -2.25. The predicted octanol–water partition coefficient (Wildman–Crippen LogP) is 4.91. The summed E-state index contributed by atoms with van der Waals surface area (Å²) in [5.74, 6) is 1.76. The molecule has 1 aliphatic heterocycles. The predicted molar refractivity (Wildman–Crippen MR) is 106 cm³/mol. The molecule has 0 bridgehead atoms. The van der Waals surface area contributed by atoms with Gasteiger partial charge in [0.1, 0.15) is 11.6 Å². The number of urea groups is 1. The van der Waals surface area contributed by atoms with Crippen molar-refractivity contribution in [2.75, 3.05) is 18.1 Å². The van der Waals surface area contributed by atoms with Gasteiger partial charge in [0, 0.05) is 24.7 Å². The average molecular weight is 357 g/mol. The lowest BCUT2D eigenvalue weighted by atomic mass is 9.96. The fourth-order valence-electron chi connectivity index (χ4n) is 3.85. The van der Waals surface area contributed by atoms with Gasteiger partial charge in [0.2, 0.25) is 0 Å². The van der Waals surface area contributed by atoms with E-state index in [1.807, 2.05) is 19.1 Å². The molecule has 0 atom stereocenters. The van der Waals surface area contributed by atoms with Gasteiger partial charge in [0.05, 0.1) is 6.61 Å². The maximum absolute atomic E-state index is 12.5. The molecule has 1 aliphatic carbocycles. The van der Waals surface area contributed by atoms with E-state index in [0.717, 1.165) is 55.9 Å². The Kier molecular flexibility index (Phi) is 6.92. The van der Waals surface area contributed by atoms with E-state index in [1.54, 1.807) is 0 Å². The van der Waals surface area contributed by atoms with Gasteiger partial charge in [-0.25, -0.2) is 4.79 Å². The Morgan fingerprint density at radius 2 is 1.85 bits per heavy atom. The zero-order valence-electron chi connectivity index (χ0n) is 15.9. The Labute approximate surface area is 156 Å². The number of benzene rings is 1. The molecule has 0 unspecified atom stereocenters. The maximum atomic E-state index is 12.5. The summed E-state index contributed by atoms with van der Waals surface area (Å²) in [5.41, 5.74) is 1.08. The second-order valence-corrected chi connectivity index (χ2v) is 7.20. The summed E-state index contributed by atoms with van der Waals surface area (Å²) in [5, 5.41) is 3.11. The number of rotatable bonds is 4. The van der Waals surface area contributed by atoms with E-state index in [2.05, 4.69) is 27.3 Å². The Hall–Kier alpha value is -2.04. The van der Waals surface area contributed by atoms with Crippen molar-refractivity contribution in [1.82, 2.24) is 5.32 Å². The lowest BCUT2D eigenvalue weighted by Crippen LogP contribution is -2.37. The number of amides is 2. The largest absolute Gasteiger partial charge is 0.494 e. The Bertz CT molecular complexity index is 606. The van der Waals surface area contributed by atoms with Crippen molar-refractivity contribution in [2.45, 2.75) is 70.8 Å².